The second-order valence-corrected chi connectivity index (χ2v) is 3.52. The highest BCUT2D eigenvalue weighted by Crippen LogP contribution is 2.35. The average molecular weight is 222 g/mol. The summed E-state index contributed by atoms with van der Waals surface area (Å²) in [4.78, 5) is 11.7. The number of para-hydroxylation sites is 1. The fourth-order valence-corrected chi connectivity index (χ4v) is 1.70. The van der Waals surface area contributed by atoms with E-state index in [0.717, 1.165) is 5.69 Å². The van der Waals surface area contributed by atoms with Crippen LogP contribution in [0.25, 0.3) is 0 Å². The van der Waals surface area contributed by atoms with Gasteiger partial charge in [0.25, 0.3) is 0 Å². The topological polar surface area (TPSA) is 59.6 Å². The number of carbonyl (C=O) groups is 1. The molecule has 1 heterocycles. The lowest BCUT2D eigenvalue weighted by atomic mass is 10.1. The number of nitrogens with one attached hydrogen (secondary N) is 2. The molecule has 2 rings (SSSR count). The van der Waals surface area contributed by atoms with Crippen molar-refractivity contribution in [2.45, 2.75) is 6.04 Å². The second-order valence-electron chi connectivity index (χ2n) is 3.52. The molecule has 0 fully saturated rings. The number of carbonyl (C=O) groups excluding carboxylic acids is 1. The van der Waals surface area contributed by atoms with E-state index in [1.807, 2.05) is 12.1 Å². The zero-order valence-corrected chi connectivity index (χ0v) is 9.24. The van der Waals surface area contributed by atoms with E-state index in [2.05, 4.69) is 10.6 Å². The number of hydrogen-bond donors (Lipinski definition) is 2. The van der Waals surface area contributed by atoms with Gasteiger partial charge in [-0.15, -0.1) is 0 Å². The molecule has 1 amide bonds. The summed E-state index contributed by atoms with van der Waals surface area (Å²) in [7, 11) is 3.14. The van der Waals surface area contributed by atoms with Crippen LogP contribution in [-0.4, -0.2) is 32.8 Å². The second kappa shape index (κ2) is 4.40. The SMILES string of the molecule is COCC1Nc2cccc(OC)c2NC1=O. The van der Waals surface area contributed by atoms with Gasteiger partial charge in [-0.2, -0.15) is 0 Å². The number of fused-ring (bicyclic) bond motifs is 1. The third kappa shape index (κ3) is 1.81. The fourth-order valence-electron chi connectivity index (χ4n) is 1.70. The predicted molar refractivity (Wildman–Crippen MR) is 60.9 cm³/mol. The smallest absolute Gasteiger partial charge is 0.249 e. The zero-order valence-electron chi connectivity index (χ0n) is 9.24. The minimum Gasteiger partial charge on any atom is -0.494 e. The van der Waals surface area contributed by atoms with E-state index in [0.29, 0.717) is 18.0 Å². The normalized spacial score (nSPS) is 18.4. The summed E-state index contributed by atoms with van der Waals surface area (Å²) in [6, 6.07) is 5.20. The Morgan fingerprint density at radius 2 is 2.19 bits per heavy atom. The highest BCUT2D eigenvalue weighted by molar-refractivity contribution is 6.04. The Balaban J connectivity index is 2.30. The lowest BCUT2D eigenvalue weighted by Crippen LogP contribution is -2.41. The molecule has 0 radical (unpaired) electrons. The van der Waals surface area contributed by atoms with Crippen molar-refractivity contribution in [3.63, 3.8) is 0 Å². The summed E-state index contributed by atoms with van der Waals surface area (Å²) < 4.78 is 10.1. The third-order valence-corrected chi connectivity index (χ3v) is 2.47. The molecule has 0 aromatic heterocycles. The first-order valence-electron chi connectivity index (χ1n) is 4.99. The van der Waals surface area contributed by atoms with Crippen molar-refractivity contribution in [3.05, 3.63) is 18.2 Å². The van der Waals surface area contributed by atoms with Crippen LogP contribution in [0.2, 0.25) is 0 Å². The van der Waals surface area contributed by atoms with Crippen LogP contribution < -0.4 is 15.4 Å². The first-order chi connectivity index (χ1) is 7.76. The minimum absolute atomic E-state index is 0.112. The van der Waals surface area contributed by atoms with E-state index in [4.69, 9.17) is 9.47 Å². The summed E-state index contributed by atoms with van der Waals surface area (Å²) in [5.74, 6) is 0.535. The van der Waals surface area contributed by atoms with Gasteiger partial charge in [0.15, 0.2) is 0 Å². The molecule has 5 nitrogen and oxygen atoms in total. The molecule has 1 aliphatic heterocycles. The number of anilines is 2. The summed E-state index contributed by atoms with van der Waals surface area (Å²) in [6.07, 6.45) is 0. The molecular weight excluding hydrogens is 208 g/mol. The van der Waals surface area contributed by atoms with Crippen LogP contribution in [-0.2, 0) is 9.53 Å². The van der Waals surface area contributed by atoms with Crippen molar-refractivity contribution in [1.29, 1.82) is 0 Å². The lowest BCUT2D eigenvalue weighted by Gasteiger charge is -2.27. The predicted octanol–water partition coefficient (Wildman–Crippen LogP) is 1.07. The largest absolute Gasteiger partial charge is 0.494 e. The van der Waals surface area contributed by atoms with E-state index >= 15 is 0 Å². The summed E-state index contributed by atoms with van der Waals surface area (Å²) in [5, 5.41) is 5.91. The Hall–Kier alpha value is -1.75. The van der Waals surface area contributed by atoms with Crippen LogP contribution >= 0.6 is 0 Å². The van der Waals surface area contributed by atoms with E-state index in [-0.39, 0.29) is 11.9 Å². The maximum Gasteiger partial charge on any atom is 0.249 e. The first kappa shape index (κ1) is 10.8. The van der Waals surface area contributed by atoms with Crippen molar-refractivity contribution < 1.29 is 14.3 Å². The molecule has 1 aliphatic rings. The maximum atomic E-state index is 11.7. The van der Waals surface area contributed by atoms with Crippen LogP contribution in [0.4, 0.5) is 11.4 Å². The summed E-state index contributed by atoms with van der Waals surface area (Å²) in [5.41, 5.74) is 1.53. The van der Waals surface area contributed by atoms with Gasteiger partial charge in [0.05, 0.1) is 19.4 Å². The van der Waals surface area contributed by atoms with Crippen molar-refractivity contribution in [2.75, 3.05) is 31.5 Å². The monoisotopic (exact) mass is 222 g/mol. The van der Waals surface area contributed by atoms with Gasteiger partial charge < -0.3 is 20.1 Å². The van der Waals surface area contributed by atoms with Crippen LogP contribution in [0.5, 0.6) is 5.75 Å². The summed E-state index contributed by atoms with van der Waals surface area (Å²) in [6.45, 7) is 0.336. The molecule has 0 saturated carbocycles. The summed E-state index contributed by atoms with van der Waals surface area (Å²) >= 11 is 0. The lowest BCUT2D eigenvalue weighted by molar-refractivity contribution is -0.118. The fraction of sp³-hybridized carbons (Fsp3) is 0.364. The Morgan fingerprint density at radius 1 is 1.38 bits per heavy atom. The standard InChI is InChI=1S/C11H14N2O3/c1-15-6-8-11(14)13-10-7(12-8)4-3-5-9(10)16-2/h3-5,8,12H,6H2,1-2H3,(H,13,14). The van der Waals surface area contributed by atoms with E-state index in [1.165, 1.54) is 0 Å². The first-order valence-corrected chi connectivity index (χ1v) is 4.99. The van der Waals surface area contributed by atoms with E-state index < -0.39 is 0 Å². The van der Waals surface area contributed by atoms with Crippen molar-refractivity contribution in [3.8, 4) is 5.75 Å². The van der Waals surface area contributed by atoms with Crippen LogP contribution in [0.1, 0.15) is 0 Å². The van der Waals surface area contributed by atoms with Gasteiger partial charge in [-0.25, -0.2) is 0 Å². The molecule has 2 N–H and O–H groups in total. The van der Waals surface area contributed by atoms with E-state index in [9.17, 15) is 4.79 Å². The number of ether oxygens (including phenoxy) is 2. The molecular formula is C11H14N2O3. The van der Waals surface area contributed by atoms with Crippen LogP contribution in [0.3, 0.4) is 0 Å². The molecule has 5 heteroatoms. The molecule has 1 aromatic carbocycles. The molecule has 0 saturated heterocycles. The third-order valence-electron chi connectivity index (χ3n) is 2.47. The zero-order chi connectivity index (χ0) is 11.5. The number of rotatable bonds is 3. The van der Waals surface area contributed by atoms with E-state index in [1.54, 1.807) is 20.3 Å². The van der Waals surface area contributed by atoms with Gasteiger partial charge in [-0.3, -0.25) is 4.79 Å². The van der Waals surface area contributed by atoms with Crippen LogP contribution in [0, 0.1) is 0 Å². The number of hydrogen-bond acceptors (Lipinski definition) is 4. The average Bonchev–Trinajstić information content (AvgIpc) is 2.30. The Morgan fingerprint density at radius 3 is 2.88 bits per heavy atom. The number of methoxy groups -OCH3 is 2. The molecule has 0 aliphatic carbocycles. The van der Waals surface area contributed by atoms with Crippen LogP contribution in [0.15, 0.2) is 18.2 Å². The molecule has 1 atom stereocenters. The Kier molecular flexibility index (Phi) is 2.96. The maximum absolute atomic E-state index is 11.7. The van der Waals surface area contributed by atoms with Crippen molar-refractivity contribution in [2.24, 2.45) is 0 Å². The van der Waals surface area contributed by atoms with Crippen molar-refractivity contribution in [1.82, 2.24) is 0 Å². The Bertz CT molecular complexity index is 406. The van der Waals surface area contributed by atoms with Gasteiger partial charge in [-0.05, 0) is 12.1 Å². The van der Waals surface area contributed by atoms with Gasteiger partial charge in [0, 0.05) is 7.11 Å². The van der Waals surface area contributed by atoms with Crippen molar-refractivity contribution >= 4 is 17.3 Å². The van der Waals surface area contributed by atoms with Gasteiger partial charge in [-0.1, -0.05) is 6.07 Å². The molecule has 0 bridgehead atoms. The number of benzene rings is 1. The quantitative estimate of drug-likeness (QED) is 0.803. The minimum atomic E-state index is -0.357. The Labute approximate surface area is 93.7 Å². The molecule has 1 unspecified atom stereocenters. The van der Waals surface area contributed by atoms with Gasteiger partial charge in [0.1, 0.15) is 17.5 Å². The highest BCUT2D eigenvalue weighted by Gasteiger charge is 2.26. The number of amides is 1. The molecule has 86 valence electrons. The molecule has 16 heavy (non-hydrogen) atoms. The molecule has 0 spiro atoms. The molecule has 1 aromatic rings. The van der Waals surface area contributed by atoms with Gasteiger partial charge >= 0.3 is 0 Å². The highest BCUT2D eigenvalue weighted by atomic mass is 16.5. The van der Waals surface area contributed by atoms with Gasteiger partial charge in [0.2, 0.25) is 5.91 Å².